The first-order valence-electron chi connectivity index (χ1n) is 4.19. The van der Waals surface area contributed by atoms with Crippen LogP contribution in [0.25, 0.3) is 0 Å². The van der Waals surface area contributed by atoms with Crippen molar-refractivity contribution in [3.63, 3.8) is 0 Å². The van der Waals surface area contributed by atoms with Crippen LogP contribution in [-0.2, 0) is 0 Å². The SMILES string of the molecule is C/C=N/Nc1ccc(C(=O)NC)cn1. The molecule has 0 fully saturated rings. The molecule has 1 aromatic rings. The largest absolute Gasteiger partial charge is 0.355 e. The lowest BCUT2D eigenvalue weighted by atomic mass is 10.3. The molecule has 0 aliphatic heterocycles. The first-order chi connectivity index (χ1) is 6.77. The first-order valence-corrected chi connectivity index (χ1v) is 4.19. The standard InChI is InChI=1S/C9H12N4O/c1-3-12-13-8-5-4-7(6-11-8)9(14)10-2/h3-6H,1-2H3,(H,10,14)(H,11,13)/b12-3+. The third-order valence-electron chi connectivity index (χ3n) is 1.56. The lowest BCUT2D eigenvalue weighted by Crippen LogP contribution is -2.17. The van der Waals surface area contributed by atoms with Gasteiger partial charge in [-0.05, 0) is 19.1 Å². The summed E-state index contributed by atoms with van der Waals surface area (Å²) in [6, 6.07) is 3.37. The Bertz CT molecular complexity index is 331. The van der Waals surface area contributed by atoms with Gasteiger partial charge in [0.2, 0.25) is 0 Å². The van der Waals surface area contributed by atoms with E-state index in [4.69, 9.17) is 0 Å². The van der Waals surface area contributed by atoms with E-state index < -0.39 is 0 Å². The highest BCUT2D eigenvalue weighted by Crippen LogP contribution is 2.04. The number of nitrogens with zero attached hydrogens (tertiary/aromatic N) is 2. The normalized spacial score (nSPS) is 10.1. The summed E-state index contributed by atoms with van der Waals surface area (Å²) < 4.78 is 0. The number of rotatable bonds is 3. The van der Waals surface area contributed by atoms with Crippen LogP contribution < -0.4 is 10.7 Å². The smallest absolute Gasteiger partial charge is 0.252 e. The third-order valence-corrected chi connectivity index (χ3v) is 1.56. The number of hydrogen-bond acceptors (Lipinski definition) is 4. The van der Waals surface area contributed by atoms with Crippen LogP contribution >= 0.6 is 0 Å². The minimum Gasteiger partial charge on any atom is -0.355 e. The fourth-order valence-electron chi connectivity index (χ4n) is 0.869. The van der Waals surface area contributed by atoms with Gasteiger partial charge in [0, 0.05) is 19.5 Å². The highest BCUT2D eigenvalue weighted by Gasteiger charge is 2.02. The number of aromatic nitrogens is 1. The Morgan fingerprint density at radius 2 is 2.36 bits per heavy atom. The summed E-state index contributed by atoms with van der Waals surface area (Å²) in [7, 11) is 1.58. The van der Waals surface area contributed by atoms with Crippen LogP contribution in [0.4, 0.5) is 5.82 Å². The van der Waals surface area contributed by atoms with E-state index in [9.17, 15) is 4.79 Å². The predicted octanol–water partition coefficient (Wildman–Crippen LogP) is 0.859. The second-order valence-electron chi connectivity index (χ2n) is 2.51. The van der Waals surface area contributed by atoms with Gasteiger partial charge in [0.1, 0.15) is 5.82 Å². The van der Waals surface area contributed by atoms with Crippen molar-refractivity contribution in [1.82, 2.24) is 10.3 Å². The Balaban J connectivity index is 2.73. The monoisotopic (exact) mass is 192 g/mol. The number of hydrazone groups is 1. The van der Waals surface area contributed by atoms with Crippen molar-refractivity contribution < 1.29 is 4.79 Å². The first kappa shape index (κ1) is 10.2. The highest BCUT2D eigenvalue weighted by molar-refractivity contribution is 5.93. The molecule has 5 heteroatoms. The van der Waals surface area contributed by atoms with E-state index >= 15 is 0 Å². The van der Waals surface area contributed by atoms with Gasteiger partial charge in [-0.1, -0.05) is 0 Å². The molecule has 0 aliphatic carbocycles. The molecule has 0 saturated carbocycles. The number of nitrogens with one attached hydrogen (secondary N) is 2. The number of pyridine rings is 1. The Hall–Kier alpha value is -1.91. The molecule has 1 rings (SSSR count). The minimum absolute atomic E-state index is 0.150. The van der Waals surface area contributed by atoms with E-state index in [1.54, 1.807) is 32.3 Å². The predicted molar refractivity (Wildman–Crippen MR) is 55.4 cm³/mol. The lowest BCUT2D eigenvalue weighted by Gasteiger charge is -2.01. The molecule has 0 saturated heterocycles. The molecule has 1 heterocycles. The molecule has 14 heavy (non-hydrogen) atoms. The van der Waals surface area contributed by atoms with Crippen LogP contribution in [0.5, 0.6) is 0 Å². The highest BCUT2D eigenvalue weighted by atomic mass is 16.1. The van der Waals surface area contributed by atoms with Gasteiger partial charge in [0.15, 0.2) is 0 Å². The van der Waals surface area contributed by atoms with E-state index in [-0.39, 0.29) is 5.91 Å². The van der Waals surface area contributed by atoms with Crippen molar-refractivity contribution in [1.29, 1.82) is 0 Å². The maximum atomic E-state index is 11.1. The molecule has 0 aromatic carbocycles. The Morgan fingerprint density at radius 1 is 1.57 bits per heavy atom. The number of carbonyl (C=O) groups excluding carboxylic acids is 1. The van der Waals surface area contributed by atoms with Gasteiger partial charge in [-0.15, -0.1) is 0 Å². The van der Waals surface area contributed by atoms with Crippen LogP contribution in [0, 0.1) is 0 Å². The van der Waals surface area contributed by atoms with Gasteiger partial charge in [-0.3, -0.25) is 10.2 Å². The summed E-state index contributed by atoms with van der Waals surface area (Å²) >= 11 is 0. The molecule has 0 spiro atoms. The number of carbonyl (C=O) groups is 1. The number of amides is 1. The number of anilines is 1. The maximum Gasteiger partial charge on any atom is 0.252 e. The maximum absolute atomic E-state index is 11.1. The quantitative estimate of drug-likeness (QED) is 0.551. The van der Waals surface area contributed by atoms with Crippen molar-refractivity contribution in [3.8, 4) is 0 Å². The van der Waals surface area contributed by atoms with Crippen molar-refractivity contribution >= 4 is 17.9 Å². The van der Waals surface area contributed by atoms with Gasteiger partial charge in [0.25, 0.3) is 5.91 Å². The second kappa shape index (κ2) is 4.96. The molecule has 0 aliphatic rings. The molecule has 0 atom stereocenters. The summed E-state index contributed by atoms with van der Waals surface area (Å²) in [4.78, 5) is 15.1. The topological polar surface area (TPSA) is 66.4 Å². The van der Waals surface area contributed by atoms with Gasteiger partial charge >= 0.3 is 0 Å². The van der Waals surface area contributed by atoms with Crippen molar-refractivity contribution in [2.45, 2.75) is 6.92 Å². The molecule has 0 radical (unpaired) electrons. The van der Waals surface area contributed by atoms with Gasteiger partial charge in [0.05, 0.1) is 5.56 Å². The molecule has 1 amide bonds. The molecular weight excluding hydrogens is 180 g/mol. The average Bonchev–Trinajstić information content (AvgIpc) is 2.26. The molecule has 74 valence electrons. The summed E-state index contributed by atoms with van der Waals surface area (Å²) in [5.74, 6) is 0.457. The lowest BCUT2D eigenvalue weighted by molar-refractivity contribution is 0.0963. The summed E-state index contributed by atoms with van der Waals surface area (Å²) in [5.41, 5.74) is 3.23. The molecule has 2 N–H and O–H groups in total. The van der Waals surface area contributed by atoms with E-state index in [1.165, 1.54) is 6.20 Å². The van der Waals surface area contributed by atoms with Crippen molar-refractivity contribution in [3.05, 3.63) is 23.9 Å². The van der Waals surface area contributed by atoms with Gasteiger partial charge in [-0.2, -0.15) is 5.10 Å². The molecule has 0 bridgehead atoms. The molecule has 5 nitrogen and oxygen atoms in total. The third kappa shape index (κ3) is 2.55. The Kier molecular flexibility index (Phi) is 3.60. The second-order valence-corrected chi connectivity index (χ2v) is 2.51. The van der Waals surface area contributed by atoms with Crippen LogP contribution in [0.15, 0.2) is 23.4 Å². The van der Waals surface area contributed by atoms with E-state index in [0.29, 0.717) is 11.4 Å². The average molecular weight is 192 g/mol. The fraction of sp³-hybridized carbons (Fsp3) is 0.222. The zero-order chi connectivity index (χ0) is 10.4. The molecule has 1 aromatic heterocycles. The zero-order valence-corrected chi connectivity index (χ0v) is 8.11. The summed E-state index contributed by atoms with van der Waals surface area (Å²) in [5, 5.41) is 6.31. The van der Waals surface area contributed by atoms with Crippen molar-refractivity contribution in [2.75, 3.05) is 12.5 Å². The fourth-order valence-corrected chi connectivity index (χ4v) is 0.869. The van der Waals surface area contributed by atoms with Crippen LogP contribution in [-0.4, -0.2) is 24.2 Å². The summed E-state index contributed by atoms with van der Waals surface area (Å²) in [6.07, 6.45) is 3.11. The van der Waals surface area contributed by atoms with E-state index in [0.717, 1.165) is 0 Å². The Morgan fingerprint density at radius 3 is 2.86 bits per heavy atom. The Labute approximate surface area is 82.2 Å². The summed E-state index contributed by atoms with van der Waals surface area (Å²) in [6.45, 7) is 1.80. The number of hydrogen-bond donors (Lipinski definition) is 2. The van der Waals surface area contributed by atoms with E-state index in [1.807, 2.05) is 0 Å². The zero-order valence-electron chi connectivity index (χ0n) is 8.11. The van der Waals surface area contributed by atoms with Crippen LogP contribution in [0.3, 0.4) is 0 Å². The van der Waals surface area contributed by atoms with Crippen LogP contribution in [0.2, 0.25) is 0 Å². The van der Waals surface area contributed by atoms with E-state index in [2.05, 4.69) is 20.8 Å². The minimum atomic E-state index is -0.150. The van der Waals surface area contributed by atoms with Crippen molar-refractivity contribution in [2.24, 2.45) is 5.10 Å². The molecule has 0 unspecified atom stereocenters. The molecular formula is C9H12N4O. The van der Waals surface area contributed by atoms with Gasteiger partial charge < -0.3 is 5.32 Å². The van der Waals surface area contributed by atoms with Crippen LogP contribution in [0.1, 0.15) is 17.3 Å². The van der Waals surface area contributed by atoms with Gasteiger partial charge in [-0.25, -0.2) is 4.98 Å².